The van der Waals surface area contributed by atoms with E-state index in [-0.39, 0.29) is 0 Å². The largest absolute Gasteiger partial charge is 0.365 e. The van der Waals surface area contributed by atoms with Crippen LogP contribution in [0.5, 0.6) is 0 Å². The van der Waals surface area contributed by atoms with E-state index in [0.717, 1.165) is 37.4 Å². The molecular formula is C14H21N3S2. The monoisotopic (exact) mass is 295 g/mol. The molecule has 104 valence electrons. The number of nitrogens with two attached hydrogens (primary N) is 1. The lowest BCUT2D eigenvalue weighted by Gasteiger charge is -1.96. The number of hydrogen-bond acceptors (Lipinski definition) is 5. The smallest absolute Gasteiger partial charge is 0.182 e. The summed E-state index contributed by atoms with van der Waals surface area (Å²) < 4.78 is 0. The molecule has 2 aromatic rings. The van der Waals surface area contributed by atoms with Crippen LogP contribution >= 0.6 is 22.7 Å². The molecule has 3 N–H and O–H groups in total. The molecule has 2 aromatic heterocycles. The summed E-state index contributed by atoms with van der Waals surface area (Å²) in [6, 6.07) is 2.32. The van der Waals surface area contributed by atoms with Gasteiger partial charge in [-0.05, 0) is 50.8 Å². The fourth-order valence-electron chi connectivity index (χ4n) is 2.01. The maximum Gasteiger partial charge on any atom is 0.182 e. The molecule has 0 aliphatic rings. The van der Waals surface area contributed by atoms with Crippen LogP contribution in [0.15, 0.2) is 11.4 Å². The van der Waals surface area contributed by atoms with Gasteiger partial charge in [-0.15, -0.1) is 22.7 Å². The Kier molecular flexibility index (Phi) is 5.36. The lowest BCUT2D eigenvalue weighted by atomic mass is 10.1. The van der Waals surface area contributed by atoms with E-state index in [0.29, 0.717) is 0 Å². The molecule has 2 rings (SSSR count). The lowest BCUT2D eigenvalue weighted by molar-refractivity contribution is 0.839. The summed E-state index contributed by atoms with van der Waals surface area (Å²) in [5.41, 5.74) is 8.18. The molecule has 0 saturated carbocycles. The quantitative estimate of drug-likeness (QED) is 0.824. The van der Waals surface area contributed by atoms with Gasteiger partial charge in [-0.3, -0.25) is 0 Å². The van der Waals surface area contributed by atoms with Crippen LogP contribution in [-0.4, -0.2) is 18.6 Å². The van der Waals surface area contributed by atoms with Crippen molar-refractivity contribution in [1.29, 1.82) is 0 Å². The van der Waals surface area contributed by atoms with Crippen LogP contribution in [-0.2, 0) is 19.3 Å². The van der Waals surface area contributed by atoms with Gasteiger partial charge >= 0.3 is 0 Å². The second kappa shape index (κ2) is 7.03. The van der Waals surface area contributed by atoms with Crippen molar-refractivity contribution >= 4 is 27.8 Å². The molecule has 0 fully saturated rings. The standard InChI is InChI=1S/C14H21N3S2/c1-10-8-12(19-13(10)4-3-7-15)6-5-11-9-18-14(16-2)17-11/h8-9H,3-7,15H2,1-2H3,(H,16,17). The SMILES string of the molecule is CNc1nc(CCc2cc(C)c(CCCN)s2)cs1. The Morgan fingerprint density at radius 3 is 2.84 bits per heavy atom. The van der Waals surface area contributed by atoms with Gasteiger partial charge in [0.2, 0.25) is 0 Å². The maximum absolute atomic E-state index is 5.57. The highest BCUT2D eigenvalue weighted by Crippen LogP contribution is 2.25. The predicted octanol–water partition coefficient (Wildman–Crippen LogP) is 3.23. The molecule has 0 aromatic carbocycles. The molecule has 0 bridgehead atoms. The number of anilines is 1. The first-order valence-electron chi connectivity index (χ1n) is 6.63. The van der Waals surface area contributed by atoms with Crippen molar-refractivity contribution in [3.63, 3.8) is 0 Å². The van der Waals surface area contributed by atoms with Crippen LogP contribution < -0.4 is 11.1 Å². The van der Waals surface area contributed by atoms with Crippen molar-refractivity contribution in [2.45, 2.75) is 32.6 Å². The first kappa shape index (κ1) is 14.5. The van der Waals surface area contributed by atoms with Crippen molar-refractivity contribution in [2.24, 2.45) is 5.73 Å². The molecule has 0 aliphatic carbocycles. The Morgan fingerprint density at radius 1 is 1.32 bits per heavy atom. The molecule has 0 radical (unpaired) electrons. The number of thiophene rings is 1. The number of aryl methyl sites for hydroxylation is 4. The van der Waals surface area contributed by atoms with Crippen molar-refractivity contribution in [3.05, 3.63) is 32.5 Å². The number of nitrogens with one attached hydrogen (secondary N) is 1. The van der Waals surface area contributed by atoms with Gasteiger partial charge in [0, 0.05) is 22.2 Å². The Balaban J connectivity index is 1.92. The average Bonchev–Trinajstić information content (AvgIpc) is 3.00. The predicted molar refractivity (Wildman–Crippen MR) is 85.5 cm³/mol. The number of aromatic nitrogens is 1. The van der Waals surface area contributed by atoms with E-state index in [1.165, 1.54) is 21.0 Å². The third kappa shape index (κ3) is 4.03. The normalized spacial score (nSPS) is 10.9. The van der Waals surface area contributed by atoms with Crippen molar-refractivity contribution in [1.82, 2.24) is 4.98 Å². The van der Waals surface area contributed by atoms with Crippen LogP contribution in [0, 0.1) is 6.92 Å². The van der Waals surface area contributed by atoms with E-state index < -0.39 is 0 Å². The van der Waals surface area contributed by atoms with Crippen molar-refractivity contribution < 1.29 is 0 Å². The summed E-state index contributed by atoms with van der Waals surface area (Å²) in [4.78, 5) is 7.47. The summed E-state index contributed by atoms with van der Waals surface area (Å²) in [6.07, 6.45) is 4.31. The van der Waals surface area contributed by atoms with Gasteiger partial charge in [-0.25, -0.2) is 4.98 Å². The first-order valence-corrected chi connectivity index (χ1v) is 8.33. The summed E-state index contributed by atoms with van der Waals surface area (Å²) >= 11 is 3.61. The second-order valence-electron chi connectivity index (χ2n) is 4.61. The molecular weight excluding hydrogens is 274 g/mol. The Hall–Kier alpha value is -0.910. The lowest BCUT2D eigenvalue weighted by Crippen LogP contribution is -1.99. The van der Waals surface area contributed by atoms with Crippen LogP contribution in [0.1, 0.15) is 27.4 Å². The summed E-state index contributed by atoms with van der Waals surface area (Å²) in [5, 5.41) is 6.22. The Bertz CT molecular complexity index is 516. The molecule has 0 aliphatic heterocycles. The third-order valence-electron chi connectivity index (χ3n) is 3.07. The molecule has 3 nitrogen and oxygen atoms in total. The molecule has 0 amide bonds. The van der Waals surface area contributed by atoms with E-state index in [9.17, 15) is 0 Å². The fourth-order valence-corrected chi connectivity index (χ4v) is 3.94. The van der Waals surface area contributed by atoms with Gasteiger partial charge < -0.3 is 11.1 Å². The van der Waals surface area contributed by atoms with Gasteiger partial charge in [0.25, 0.3) is 0 Å². The number of hydrogen-bond donors (Lipinski definition) is 2. The highest BCUT2D eigenvalue weighted by Gasteiger charge is 2.07. The zero-order chi connectivity index (χ0) is 13.7. The molecule has 0 atom stereocenters. The molecule has 0 spiro atoms. The van der Waals surface area contributed by atoms with Gasteiger partial charge in [0.05, 0.1) is 5.69 Å². The highest BCUT2D eigenvalue weighted by molar-refractivity contribution is 7.13. The minimum absolute atomic E-state index is 0.776. The van der Waals surface area contributed by atoms with Gasteiger partial charge in [0.15, 0.2) is 5.13 Å². The van der Waals surface area contributed by atoms with Gasteiger partial charge in [-0.1, -0.05) is 0 Å². The number of rotatable bonds is 7. The van der Waals surface area contributed by atoms with Crippen LogP contribution in [0.4, 0.5) is 5.13 Å². The zero-order valence-corrected chi connectivity index (χ0v) is 13.2. The van der Waals surface area contributed by atoms with Gasteiger partial charge in [-0.2, -0.15) is 0 Å². The van der Waals surface area contributed by atoms with Crippen molar-refractivity contribution in [2.75, 3.05) is 18.9 Å². The summed E-state index contributed by atoms with van der Waals surface area (Å²) in [6.45, 7) is 2.98. The minimum atomic E-state index is 0.776. The summed E-state index contributed by atoms with van der Waals surface area (Å²) in [5.74, 6) is 0. The number of thiazole rings is 1. The first-order chi connectivity index (χ1) is 9.22. The summed E-state index contributed by atoms with van der Waals surface area (Å²) in [7, 11) is 1.91. The molecule has 19 heavy (non-hydrogen) atoms. The maximum atomic E-state index is 5.57. The molecule has 5 heteroatoms. The van der Waals surface area contributed by atoms with E-state index >= 15 is 0 Å². The third-order valence-corrected chi connectivity index (χ3v) is 5.34. The highest BCUT2D eigenvalue weighted by atomic mass is 32.1. The van der Waals surface area contributed by atoms with Crippen LogP contribution in [0.3, 0.4) is 0 Å². The topological polar surface area (TPSA) is 50.9 Å². The number of nitrogens with zero attached hydrogens (tertiary/aromatic N) is 1. The van der Waals surface area contributed by atoms with Crippen LogP contribution in [0.25, 0.3) is 0 Å². The second-order valence-corrected chi connectivity index (χ2v) is 6.68. The van der Waals surface area contributed by atoms with E-state index in [4.69, 9.17) is 5.73 Å². The fraction of sp³-hybridized carbons (Fsp3) is 0.500. The van der Waals surface area contributed by atoms with Crippen molar-refractivity contribution in [3.8, 4) is 0 Å². The van der Waals surface area contributed by atoms with E-state index in [1.54, 1.807) is 11.3 Å². The average molecular weight is 295 g/mol. The Morgan fingerprint density at radius 2 is 2.16 bits per heavy atom. The molecule has 0 unspecified atom stereocenters. The zero-order valence-electron chi connectivity index (χ0n) is 11.5. The minimum Gasteiger partial charge on any atom is -0.365 e. The molecule has 0 saturated heterocycles. The van der Waals surface area contributed by atoms with Crippen LogP contribution in [0.2, 0.25) is 0 Å². The Labute approximate surface area is 122 Å². The van der Waals surface area contributed by atoms with E-state index in [1.807, 2.05) is 18.4 Å². The molecule has 2 heterocycles. The van der Waals surface area contributed by atoms with E-state index in [2.05, 4.69) is 28.7 Å². The van der Waals surface area contributed by atoms with Gasteiger partial charge in [0.1, 0.15) is 0 Å².